The first-order chi connectivity index (χ1) is 13.7. The van der Waals surface area contributed by atoms with Gasteiger partial charge in [-0.3, -0.25) is 14.4 Å². The van der Waals surface area contributed by atoms with Crippen molar-refractivity contribution in [2.45, 2.75) is 70.0 Å². The molecular weight excluding hydrogens is 387 g/mol. The first-order valence-corrected chi connectivity index (χ1v) is 9.90. The Morgan fingerprint density at radius 3 is 2.52 bits per heavy atom. The van der Waals surface area contributed by atoms with Crippen LogP contribution in [0.2, 0.25) is 0 Å². The first-order valence-electron chi connectivity index (χ1n) is 9.90. The van der Waals surface area contributed by atoms with Gasteiger partial charge in [0.05, 0.1) is 5.56 Å². The summed E-state index contributed by atoms with van der Waals surface area (Å²) in [5.74, 6) is -1.14. The molecule has 29 heavy (non-hydrogen) atoms. The molecule has 0 spiro atoms. The Hall–Kier alpha value is -2.38. The second kappa shape index (κ2) is 10.4. The highest BCUT2D eigenvalue weighted by Crippen LogP contribution is 2.30. The van der Waals surface area contributed by atoms with E-state index < -0.39 is 17.7 Å². The second-order valence-corrected chi connectivity index (χ2v) is 7.38. The molecular formula is C21H26F3NO4. The van der Waals surface area contributed by atoms with E-state index in [1.165, 1.54) is 12.1 Å². The number of Topliss-reactive ketones (excluding diaryl/α,β-unsaturated/α-hetero) is 1. The van der Waals surface area contributed by atoms with Crippen molar-refractivity contribution in [1.82, 2.24) is 4.90 Å². The van der Waals surface area contributed by atoms with Crippen molar-refractivity contribution in [3.8, 4) is 0 Å². The number of carboxylic acid groups (broad SMARTS) is 1. The fourth-order valence-corrected chi connectivity index (χ4v) is 3.62. The molecule has 1 saturated heterocycles. The number of halogens is 3. The predicted molar refractivity (Wildman–Crippen MR) is 100 cm³/mol. The number of amides is 1. The van der Waals surface area contributed by atoms with Crippen molar-refractivity contribution >= 4 is 17.7 Å². The molecule has 160 valence electrons. The third-order valence-electron chi connectivity index (χ3n) is 5.21. The van der Waals surface area contributed by atoms with Gasteiger partial charge in [-0.1, -0.05) is 25.0 Å². The normalized spacial score (nSPS) is 17.0. The van der Waals surface area contributed by atoms with E-state index in [1.54, 1.807) is 4.90 Å². The molecule has 1 heterocycles. The molecule has 1 aliphatic heterocycles. The molecule has 0 unspecified atom stereocenters. The van der Waals surface area contributed by atoms with Gasteiger partial charge in [-0.2, -0.15) is 13.2 Å². The number of hydrogen-bond acceptors (Lipinski definition) is 3. The molecule has 1 aromatic carbocycles. The van der Waals surface area contributed by atoms with Crippen molar-refractivity contribution in [2.75, 3.05) is 6.54 Å². The van der Waals surface area contributed by atoms with Crippen molar-refractivity contribution < 1.29 is 32.7 Å². The Morgan fingerprint density at radius 1 is 1.10 bits per heavy atom. The van der Waals surface area contributed by atoms with Gasteiger partial charge in [0.1, 0.15) is 0 Å². The minimum atomic E-state index is -4.49. The highest BCUT2D eigenvalue weighted by Gasteiger charge is 2.32. The van der Waals surface area contributed by atoms with Crippen LogP contribution in [-0.4, -0.2) is 40.3 Å². The lowest BCUT2D eigenvalue weighted by Gasteiger charge is -2.24. The Morgan fingerprint density at radius 2 is 1.83 bits per heavy atom. The molecule has 1 amide bonds. The zero-order chi connectivity index (χ0) is 21.4. The van der Waals surface area contributed by atoms with E-state index in [2.05, 4.69) is 0 Å². The van der Waals surface area contributed by atoms with Gasteiger partial charge in [0.2, 0.25) is 5.91 Å². The Kier molecular flexibility index (Phi) is 8.22. The molecule has 1 aliphatic rings. The van der Waals surface area contributed by atoms with E-state index in [-0.39, 0.29) is 36.1 Å². The summed E-state index contributed by atoms with van der Waals surface area (Å²) in [5.41, 5.74) is -0.807. The number of likely N-dealkylation sites (tertiary alicyclic amines) is 1. The van der Waals surface area contributed by atoms with Crippen LogP contribution in [0, 0.1) is 0 Å². The van der Waals surface area contributed by atoms with E-state index in [9.17, 15) is 27.6 Å². The van der Waals surface area contributed by atoms with Gasteiger partial charge in [-0.15, -0.1) is 0 Å². The molecule has 2 rings (SSSR count). The van der Waals surface area contributed by atoms with Crippen LogP contribution in [0.5, 0.6) is 0 Å². The summed E-state index contributed by atoms with van der Waals surface area (Å²) in [5, 5.41) is 8.62. The third kappa shape index (κ3) is 7.18. The number of aliphatic carboxylic acids is 1. The minimum absolute atomic E-state index is 0.0343. The number of carbonyl (C=O) groups is 3. The monoisotopic (exact) mass is 413 g/mol. The summed E-state index contributed by atoms with van der Waals surface area (Å²) in [6, 6.07) is 4.34. The van der Waals surface area contributed by atoms with Gasteiger partial charge in [0, 0.05) is 37.4 Å². The number of hydrogen-bond donors (Lipinski definition) is 1. The lowest BCUT2D eigenvalue weighted by atomic mass is 10.00. The number of rotatable bonds is 11. The molecule has 0 bridgehead atoms. The molecule has 0 aliphatic carbocycles. The Bertz CT molecular complexity index is 733. The number of nitrogens with zero attached hydrogens (tertiary/aromatic N) is 1. The van der Waals surface area contributed by atoms with E-state index in [4.69, 9.17) is 5.11 Å². The second-order valence-electron chi connectivity index (χ2n) is 7.38. The maximum atomic E-state index is 12.8. The largest absolute Gasteiger partial charge is 0.481 e. The lowest BCUT2D eigenvalue weighted by molar-refractivity contribution is -0.138. The predicted octanol–water partition coefficient (Wildman–Crippen LogP) is 4.69. The minimum Gasteiger partial charge on any atom is -0.481 e. The van der Waals surface area contributed by atoms with E-state index >= 15 is 0 Å². The van der Waals surface area contributed by atoms with Crippen molar-refractivity contribution in [1.29, 1.82) is 0 Å². The molecule has 8 heteroatoms. The molecule has 0 aromatic heterocycles. The van der Waals surface area contributed by atoms with Crippen molar-refractivity contribution in [2.24, 2.45) is 0 Å². The number of alkyl halides is 3. The average Bonchev–Trinajstić information content (AvgIpc) is 3.01. The topological polar surface area (TPSA) is 74.7 Å². The average molecular weight is 413 g/mol. The van der Waals surface area contributed by atoms with Gasteiger partial charge < -0.3 is 10.0 Å². The Labute approximate surface area is 167 Å². The SMILES string of the molecule is O=C(O)CCCCCCN1C(=O)CC[C@@H]1CCC(=O)c1cccc(C(F)(F)F)c1. The summed E-state index contributed by atoms with van der Waals surface area (Å²) in [6.45, 7) is 0.564. The molecule has 0 saturated carbocycles. The van der Waals surface area contributed by atoms with Gasteiger partial charge >= 0.3 is 12.1 Å². The Balaban J connectivity index is 1.81. The number of benzene rings is 1. The molecule has 0 radical (unpaired) electrons. The van der Waals surface area contributed by atoms with Crippen LogP contribution < -0.4 is 0 Å². The van der Waals surface area contributed by atoms with Crippen LogP contribution in [0.4, 0.5) is 13.2 Å². The molecule has 1 atom stereocenters. The van der Waals surface area contributed by atoms with Gasteiger partial charge in [0.25, 0.3) is 0 Å². The van der Waals surface area contributed by atoms with Crippen LogP contribution in [0.3, 0.4) is 0 Å². The first kappa shape index (κ1) is 22.9. The number of ketones is 1. The fraction of sp³-hybridized carbons (Fsp3) is 0.571. The summed E-state index contributed by atoms with van der Waals surface area (Å²) < 4.78 is 38.4. The van der Waals surface area contributed by atoms with E-state index in [0.29, 0.717) is 32.2 Å². The zero-order valence-electron chi connectivity index (χ0n) is 16.2. The summed E-state index contributed by atoms with van der Waals surface area (Å²) in [6.07, 6.45) is 0.226. The smallest absolute Gasteiger partial charge is 0.416 e. The highest BCUT2D eigenvalue weighted by molar-refractivity contribution is 5.96. The van der Waals surface area contributed by atoms with Crippen LogP contribution in [-0.2, 0) is 15.8 Å². The van der Waals surface area contributed by atoms with Gasteiger partial charge in [0.15, 0.2) is 5.78 Å². The van der Waals surface area contributed by atoms with Crippen LogP contribution in [0.15, 0.2) is 24.3 Å². The lowest BCUT2D eigenvalue weighted by Crippen LogP contribution is -2.34. The fourth-order valence-electron chi connectivity index (χ4n) is 3.62. The van der Waals surface area contributed by atoms with Crippen molar-refractivity contribution in [3.05, 3.63) is 35.4 Å². The number of unbranched alkanes of at least 4 members (excludes halogenated alkanes) is 3. The number of carboxylic acids is 1. The summed E-state index contributed by atoms with van der Waals surface area (Å²) in [4.78, 5) is 36.7. The molecule has 1 aromatic rings. The zero-order valence-corrected chi connectivity index (χ0v) is 16.2. The summed E-state index contributed by atoms with van der Waals surface area (Å²) >= 11 is 0. The highest BCUT2D eigenvalue weighted by atomic mass is 19.4. The number of carbonyl (C=O) groups excluding carboxylic acids is 2. The standard InChI is InChI=1S/C21H26F3NO4/c22-21(23,24)16-7-5-6-15(14-16)18(26)11-9-17-10-12-19(27)25(17)13-4-2-1-3-8-20(28)29/h5-7,14,17H,1-4,8-13H2,(H,28,29)/t17-/m0/s1. The summed E-state index contributed by atoms with van der Waals surface area (Å²) in [7, 11) is 0. The maximum absolute atomic E-state index is 12.8. The van der Waals surface area contributed by atoms with Gasteiger partial charge in [-0.25, -0.2) is 0 Å². The van der Waals surface area contributed by atoms with E-state index in [1.807, 2.05) is 0 Å². The quantitative estimate of drug-likeness (QED) is 0.422. The molecule has 1 fully saturated rings. The van der Waals surface area contributed by atoms with Crippen LogP contribution in [0.25, 0.3) is 0 Å². The third-order valence-corrected chi connectivity index (χ3v) is 5.21. The molecule has 1 N–H and O–H groups in total. The van der Waals surface area contributed by atoms with E-state index in [0.717, 1.165) is 31.4 Å². The van der Waals surface area contributed by atoms with Crippen LogP contribution in [0.1, 0.15) is 73.7 Å². The van der Waals surface area contributed by atoms with Crippen molar-refractivity contribution in [3.63, 3.8) is 0 Å². The van der Waals surface area contributed by atoms with Crippen LogP contribution >= 0.6 is 0 Å². The molecule has 5 nitrogen and oxygen atoms in total. The maximum Gasteiger partial charge on any atom is 0.416 e. The van der Waals surface area contributed by atoms with Gasteiger partial charge in [-0.05, 0) is 37.8 Å².